The van der Waals surface area contributed by atoms with Gasteiger partial charge in [0.2, 0.25) is 0 Å². The minimum atomic E-state index is -0.961. The fourth-order valence-electron chi connectivity index (χ4n) is 1.04. The molecule has 0 aromatic heterocycles. The van der Waals surface area contributed by atoms with Crippen LogP contribution in [0.15, 0.2) is 22.7 Å². The van der Waals surface area contributed by atoms with Crippen LogP contribution in [-0.4, -0.2) is 18.2 Å². The Labute approximate surface area is 89.8 Å². The molecule has 0 aliphatic rings. The predicted molar refractivity (Wildman–Crippen MR) is 54.8 cm³/mol. The number of hydrogen-bond acceptors (Lipinski definition) is 4. The van der Waals surface area contributed by atoms with E-state index in [-0.39, 0.29) is 5.75 Å². The summed E-state index contributed by atoms with van der Waals surface area (Å²) in [4.78, 5) is 11.1. The normalized spacial score (nSPS) is 12.2. The highest BCUT2D eigenvalue weighted by Crippen LogP contribution is 2.31. The van der Waals surface area contributed by atoms with E-state index in [0.717, 1.165) is 0 Å². The van der Waals surface area contributed by atoms with Crippen molar-refractivity contribution in [3.63, 3.8) is 0 Å². The zero-order valence-electron chi connectivity index (χ0n) is 7.53. The zero-order valence-corrected chi connectivity index (χ0v) is 9.11. The number of phenols is 1. The predicted octanol–water partition coefficient (Wildman–Crippen LogP) is 1.33. The largest absolute Gasteiger partial charge is 0.506 e. The van der Waals surface area contributed by atoms with Crippen LogP contribution in [0.25, 0.3) is 0 Å². The zero-order chi connectivity index (χ0) is 10.7. The first-order chi connectivity index (χ1) is 6.57. The Morgan fingerprint density at radius 2 is 2.29 bits per heavy atom. The molecule has 0 bridgehead atoms. The molecule has 1 aromatic carbocycles. The molecule has 4 nitrogen and oxygen atoms in total. The molecule has 0 radical (unpaired) electrons. The number of benzene rings is 1. The first-order valence-corrected chi connectivity index (χ1v) is 4.68. The summed E-state index contributed by atoms with van der Waals surface area (Å²) in [6, 6.07) is 3.95. The van der Waals surface area contributed by atoms with Crippen LogP contribution in [0, 0.1) is 0 Å². The van der Waals surface area contributed by atoms with E-state index >= 15 is 0 Å². The number of phenolic OH excluding ortho intramolecular Hbond substituents is 1. The molecule has 3 N–H and O–H groups in total. The molecule has 0 saturated heterocycles. The average Bonchev–Trinajstić information content (AvgIpc) is 2.20. The Morgan fingerprint density at radius 1 is 1.64 bits per heavy atom. The van der Waals surface area contributed by atoms with Crippen LogP contribution in [0.2, 0.25) is 0 Å². The highest BCUT2D eigenvalue weighted by atomic mass is 79.9. The fourth-order valence-corrected chi connectivity index (χ4v) is 1.42. The van der Waals surface area contributed by atoms with Crippen LogP contribution >= 0.6 is 15.9 Å². The minimum Gasteiger partial charge on any atom is -0.506 e. The van der Waals surface area contributed by atoms with Gasteiger partial charge in [0, 0.05) is 5.56 Å². The van der Waals surface area contributed by atoms with Gasteiger partial charge in [0.25, 0.3) is 0 Å². The molecule has 76 valence electrons. The standard InChI is InChI=1S/C9H10BrNO3/c1-14-9(13)7(11)5-3-2-4-6(10)8(5)12/h2-4,7,12H,11H2,1H3. The summed E-state index contributed by atoms with van der Waals surface area (Å²) in [5.74, 6) is -0.621. The number of aromatic hydroxyl groups is 1. The number of rotatable bonds is 2. The van der Waals surface area contributed by atoms with Gasteiger partial charge in [-0.2, -0.15) is 0 Å². The molecule has 1 unspecified atom stereocenters. The molecule has 0 amide bonds. The second-order valence-electron chi connectivity index (χ2n) is 2.68. The molecular weight excluding hydrogens is 250 g/mol. The number of carbonyl (C=O) groups excluding carboxylic acids is 1. The summed E-state index contributed by atoms with van der Waals surface area (Å²) in [7, 11) is 1.25. The number of nitrogens with two attached hydrogens (primary N) is 1. The number of methoxy groups -OCH3 is 1. The summed E-state index contributed by atoms with van der Waals surface area (Å²) in [5, 5.41) is 9.58. The lowest BCUT2D eigenvalue weighted by molar-refractivity contribution is -0.142. The van der Waals surface area contributed by atoms with Gasteiger partial charge < -0.3 is 15.6 Å². The van der Waals surface area contributed by atoms with E-state index in [2.05, 4.69) is 20.7 Å². The number of carbonyl (C=O) groups is 1. The van der Waals surface area contributed by atoms with E-state index < -0.39 is 12.0 Å². The van der Waals surface area contributed by atoms with Gasteiger partial charge in [0.05, 0.1) is 11.6 Å². The van der Waals surface area contributed by atoms with Gasteiger partial charge in [-0.15, -0.1) is 0 Å². The highest BCUT2D eigenvalue weighted by Gasteiger charge is 2.20. The van der Waals surface area contributed by atoms with Crippen LogP contribution in [0.5, 0.6) is 5.75 Å². The number of ether oxygens (including phenoxy) is 1. The molecule has 1 rings (SSSR count). The van der Waals surface area contributed by atoms with Crippen LogP contribution in [0.4, 0.5) is 0 Å². The first-order valence-electron chi connectivity index (χ1n) is 3.88. The van der Waals surface area contributed by atoms with Crippen molar-refractivity contribution in [1.29, 1.82) is 0 Å². The lowest BCUT2D eigenvalue weighted by Crippen LogP contribution is -2.22. The summed E-state index contributed by atoms with van der Waals surface area (Å²) < 4.78 is 4.97. The maximum atomic E-state index is 11.1. The molecule has 0 aliphatic heterocycles. The highest BCUT2D eigenvalue weighted by molar-refractivity contribution is 9.10. The van der Waals surface area contributed by atoms with Gasteiger partial charge in [-0.25, -0.2) is 0 Å². The quantitative estimate of drug-likeness (QED) is 0.787. The van der Waals surface area contributed by atoms with Crippen molar-refractivity contribution in [3.8, 4) is 5.75 Å². The summed E-state index contributed by atoms with van der Waals surface area (Å²) in [6.07, 6.45) is 0. The fraction of sp³-hybridized carbons (Fsp3) is 0.222. The number of esters is 1. The van der Waals surface area contributed by atoms with Crippen molar-refractivity contribution >= 4 is 21.9 Å². The Hall–Kier alpha value is -1.07. The van der Waals surface area contributed by atoms with Crippen molar-refractivity contribution in [3.05, 3.63) is 28.2 Å². The SMILES string of the molecule is COC(=O)C(N)c1cccc(Br)c1O. The first kappa shape index (κ1) is 11.0. The molecule has 0 heterocycles. The Kier molecular flexibility index (Phi) is 3.49. The van der Waals surface area contributed by atoms with Crippen LogP contribution in [0.1, 0.15) is 11.6 Å². The maximum Gasteiger partial charge on any atom is 0.327 e. The van der Waals surface area contributed by atoms with Gasteiger partial charge in [0.1, 0.15) is 11.8 Å². The van der Waals surface area contributed by atoms with Gasteiger partial charge in [0.15, 0.2) is 0 Å². The van der Waals surface area contributed by atoms with Gasteiger partial charge in [-0.1, -0.05) is 12.1 Å². The second kappa shape index (κ2) is 4.43. The van der Waals surface area contributed by atoms with Gasteiger partial charge >= 0.3 is 5.97 Å². The second-order valence-corrected chi connectivity index (χ2v) is 3.53. The third kappa shape index (κ3) is 2.05. The van der Waals surface area contributed by atoms with Crippen LogP contribution in [0.3, 0.4) is 0 Å². The molecule has 0 aliphatic carbocycles. The van der Waals surface area contributed by atoms with Crippen molar-refractivity contribution in [2.24, 2.45) is 5.73 Å². The minimum absolute atomic E-state index is 0.0367. The smallest absolute Gasteiger partial charge is 0.327 e. The van der Waals surface area contributed by atoms with Gasteiger partial charge in [-0.3, -0.25) is 4.79 Å². The lowest BCUT2D eigenvalue weighted by atomic mass is 10.1. The Balaban J connectivity index is 3.07. The molecule has 14 heavy (non-hydrogen) atoms. The Bertz CT molecular complexity index is 354. The van der Waals surface area contributed by atoms with Crippen LogP contribution in [-0.2, 0) is 9.53 Å². The van der Waals surface area contributed by atoms with E-state index in [1.807, 2.05) is 0 Å². The van der Waals surface area contributed by atoms with E-state index in [4.69, 9.17) is 5.73 Å². The molecule has 1 aromatic rings. The molecular formula is C9H10BrNO3. The van der Waals surface area contributed by atoms with Crippen molar-refractivity contribution < 1.29 is 14.6 Å². The number of para-hydroxylation sites is 1. The van der Waals surface area contributed by atoms with Gasteiger partial charge in [-0.05, 0) is 22.0 Å². The van der Waals surface area contributed by atoms with E-state index in [9.17, 15) is 9.90 Å². The molecule has 1 atom stereocenters. The third-order valence-corrected chi connectivity index (χ3v) is 2.45. The van der Waals surface area contributed by atoms with Crippen molar-refractivity contribution in [2.75, 3.05) is 7.11 Å². The topological polar surface area (TPSA) is 72.5 Å². The molecule has 0 saturated carbocycles. The maximum absolute atomic E-state index is 11.1. The molecule has 0 spiro atoms. The Morgan fingerprint density at radius 3 is 2.86 bits per heavy atom. The summed E-state index contributed by atoms with van der Waals surface area (Å²) in [6.45, 7) is 0. The summed E-state index contributed by atoms with van der Waals surface area (Å²) in [5.41, 5.74) is 5.90. The van der Waals surface area contributed by atoms with Crippen molar-refractivity contribution in [2.45, 2.75) is 6.04 Å². The molecule has 5 heteroatoms. The summed E-state index contributed by atoms with van der Waals surface area (Å²) >= 11 is 3.13. The van der Waals surface area contributed by atoms with E-state index in [1.165, 1.54) is 7.11 Å². The van der Waals surface area contributed by atoms with Crippen LogP contribution < -0.4 is 5.73 Å². The average molecular weight is 260 g/mol. The molecule has 0 fully saturated rings. The number of hydrogen-bond donors (Lipinski definition) is 2. The van der Waals surface area contributed by atoms with Crippen molar-refractivity contribution in [1.82, 2.24) is 0 Å². The lowest BCUT2D eigenvalue weighted by Gasteiger charge is -2.11. The third-order valence-electron chi connectivity index (χ3n) is 1.81. The van der Waals surface area contributed by atoms with E-state index in [1.54, 1.807) is 18.2 Å². The number of halogens is 1. The van der Waals surface area contributed by atoms with E-state index in [0.29, 0.717) is 10.0 Å². The monoisotopic (exact) mass is 259 g/mol.